The summed E-state index contributed by atoms with van der Waals surface area (Å²) in [4.78, 5) is 14.5. The highest BCUT2D eigenvalue weighted by atomic mass is 16.5. The van der Waals surface area contributed by atoms with Gasteiger partial charge in [0.1, 0.15) is 18.0 Å². The molecule has 1 aliphatic carbocycles. The second kappa shape index (κ2) is 8.36. The standard InChI is InChI=1S/C20H27N3O3/c1-15-8-4-5-9-16(15)20-21-23(19(24)14-26-20)17-10-6-7-11-18(17)25-13-12-22(2)3/h6-7,9-11,15H,4-5,8,12-14H2,1-3H3. The smallest absolute Gasteiger partial charge is 0.285 e. The third-order valence-corrected chi connectivity index (χ3v) is 4.63. The first-order chi connectivity index (χ1) is 12.6. The van der Waals surface area contributed by atoms with E-state index in [0.29, 0.717) is 29.9 Å². The zero-order valence-electron chi connectivity index (χ0n) is 15.8. The second-order valence-electron chi connectivity index (χ2n) is 7.01. The summed E-state index contributed by atoms with van der Waals surface area (Å²) in [5.74, 6) is 1.41. The third-order valence-electron chi connectivity index (χ3n) is 4.63. The molecule has 1 amide bonds. The van der Waals surface area contributed by atoms with Gasteiger partial charge in [0.05, 0.1) is 0 Å². The van der Waals surface area contributed by atoms with Gasteiger partial charge in [-0.05, 0) is 51.4 Å². The van der Waals surface area contributed by atoms with E-state index in [4.69, 9.17) is 9.47 Å². The molecule has 0 saturated heterocycles. The lowest BCUT2D eigenvalue weighted by molar-refractivity contribution is -0.121. The van der Waals surface area contributed by atoms with E-state index >= 15 is 0 Å². The highest BCUT2D eigenvalue weighted by Gasteiger charge is 2.29. The van der Waals surface area contributed by atoms with Gasteiger partial charge in [0.15, 0.2) is 6.61 Å². The number of nitrogens with zero attached hydrogens (tertiary/aromatic N) is 3. The van der Waals surface area contributed by atoms with Crippen LogP contribution in [-0.4, -0.2) is 50.6 Å². The summed E-state index contributed by atoms with van der Waals surface area (Å²) in [6.07, 6.45) is 5.51. The van der Waals surface area contributed by atoms with E-state index in [9.17, 15) is 4.79 Å². The Hall–Kier alpha value is -2.34. The normalized spacial score (nSPS) is 20.5. The molecule has 1 aliphatic heterocycles. The molecule has 26 heavy (non-hydrogen) atoms. The number of amides is 1. The number of hydrazone groups is 1. The number of hydrogen-bond acceptors (Lipinski definition) is 5. The van der Waals surface area contributed by atoms with Crippen molar-refractivity contribution in [2.75, 3.05) is 38.9 Å². The molecule has 140 valence electrons. The van der Waals surface area contributed by atoms with Crippen molar-refractivity contribution in [3.63, 3.8) is 0 Å². The number of para-hydroxylation sites is 2. The van der Waals surface area contributed by atoms with Crippen LogP contribution in [0.3, 0.4) is 0 Å². The number of anilines is 1. The molecule has 1 heterocycles. The van der Waals surface area contributed by atoms with Crippen LogP contribution in [0.2, 0.25) is 0 Å². The van der Waals surface area contributed by atoms with Gasteiger partial charge in [-0.15, -0.1) is 5.10 Å². The zero-order chi connectivity index (χ0) is 18.5. The minimum absolute atomic E-state index is 0.00503. The first-order valence-electron chi connectivity index (χ1n) is 9.17. The van der Waals surface area contributed by atoms with Crippen LogP contribution in [0.15, 0.2) is 41.0 Å². The molecular formula is C20H27N3O3. The van der Waals surface area contributed by atoms with Crippen LogP contribution in [0, 0.1) is 5.92 Å². The Morgan fingerprint density at radius 1 is 1.35 bits per heavy atom. The number of hydrogen-bond donors (Lipinski definition) is 0. The largest absolute Gasteiger partial charge is 0.490 e. The zero-order valence-corrected chi connectivity index (χ0v) is 15.8. The molecule has 1 unspecified atom stereocenters. The van der Waals surface area contributed by atoms with Crippen LogP contribution in [0.25, 0.3) is 0 Å². The van der Waals surface area contributed by atoms with Crippen molar-refractivity contribution in [2.45, 2.75) is 26.2 Å². The molecule has 6 heteroatoms. The topological polar surface area (TPSA) is 54.4 Å². The molecule has 0 saturated carbocycles. The fraction of sp³-hybridized carbons (Fsp3) is 0.500. The van der Waals surface area contributed by atoms with E-state index in [1.165, 1.54) is 11.4 Å². The maximum atomic E-state index is 12.4. The van der Waals surface area contributed by atoms with Gasteiger partial charge in [-0.25, -0.2) is 0 Å². The lowest BCUT2D eigenvalue weighted by Gasteiger charge is -2.28. The van der Waals surface area contributed by atoms with Crippen LogP contribution in [0.4, 0.5) is 5.69 Å². The van der Waals surface area contributed by atoms with Gasteiger partial charge in [-0.1, -0.05) is 25.1 Å². The third kappa shape index (κ3) is 4.25. The molecule has 1 aromatic rings. The summed E-state index contributed by atoms with van der Waals surface area (Å²) in [7, 11) is 3.99. The van der Waals surface area contributed by atoms with E-state index in [1.54, 1.807) is 0 Å². The van der Waals surface area contributed by atoms with Crippen LogP contribution in [-0.2, 0) is 9.53 Å². The summed E-state index contributed by atoms with van der Waals surface area (Å²) >= 11 is 0. The van der Waals surface area contributed by atoms with Crippen LogP contribution >= 0.6 is 0 Å². The van der Waals surface area contributed by atoms with E-state index in [-0.39, 0.29) is 12.5 Å². The second-order valence-corrected chi connectivity index (χ2v) is 7.01. The molecule has 0 N–H and O–H groups in total. The van der Waals surface area contributed by atoms with E-state index in [1.807, 2.05) is 38.4 Å². The SMILES string of the molecule is CC1CCCC=C1C1=NN(c2ccccc2OCCN(C)C)C(=O)CO1. The molecule has 3 rings (SSSR count). The molecule has 1 aromatic carbocycles. The Morgan fingerprint density at radius 3 is 2.92 bits per heavy atom. The van der Waals surface area contributed by atoms with E-state index in [2.05, 4.69) is 23.0 Å². The highest BCUT2D eigenvalue weighted by Crippen LogP contribution is 2.32. The van der Waals surface area contributed by atoms with E-state index in [0.717, 1.165) is 25.0 Å². The Balaban J connectivity index is 1.86. The molecule has 0 spiro atoms. The quantitative estimate of drug-likeness (QED) is 0.785. The molecule has 0 fully saturated rings. The Labute approximate surface area is 155 Å². The average molecular weight is 357 g/mol. The maximum Gasteiger partial charge on any atom is 0.285 e. The van der Waals surface area contributed by atoms with Gasteiger partial charge in [-0.3, -0.25) is 4.79 Å². The number of carbonyl (C=O) groups excluding carboxylic acids is 1. The summed E-state index contributed by atoms with van der Waals surface area (Å²) in [6.45, 7) is 3.51. The van der Waals surface area contributed by atoms with Gasteiger partial charge < -0.3 is 14.4 Å². The highest BCUT2D eigenvalue weighted by molar-refractivity contribution is 6.05. The van der Waals surface area contributed by atoms with E-state index < -0.39 is 0 Å². The Kier molecular flexibility index (Phi) is 5.93. The minimum atomic E-state index is -0.193. The Morgan fingerprint density at radius 2 is 2.15 bits per heavy atom. The predicted molar refractivity (Wildman–Crippen MR) is 102 cm³/mol. The van der Waals surface area contributed by atoms with Crippen molar-refractivity contribution in [3.05, 3.63) is 35.9 Å². The average Bonchev–Trinajstić information content (AvgIpc) is 2.63. The van der Waals surface area contributed by atoms with Gasteiger partial charge >= 0.3 is 0 Å². The molecule has 0 aromatic heterocycles. The fourth-order valence-electron chi connectivity index (χ4n) is 3.12. The minimum Gasteiger partial charge on any atom is -0.490 e. The van der Waals surface area contributed by atoms with Crippen molar-refractivity contribution in [1.82, 2.24) is 4.90 Å². The summed E-state index contributed by atoms with van der Waals surface area (Å²) in [5.41, 5.74) is 1.75. The Bertz CT molecular complexity index is 712. The number of likely N-dealkylation sites (N-methyl/N-ethyl adjacent to an activating group) is 1. The van der Waals surface area contributed by atoms with Crippen molar-refractivity contribution >= 4 is 17.5 Å². The van der Waals surface area contributed by atoms with Gasteiger partial charge in [0.25, 0.3) is 5.91 Å². The van der Waals surface area contributed by atoms with Crippen molar-refractivity contribution in [3.8, 4) is 5.75 Å². The number of rotatable bonds is 6. The van der Waals surface area contributed by atoms with Gasteiger partial charge in [0, 0.05) is 12.1 Å². The molecule has 0 radical (unpaired) electrons. The van der Waals surface area contributed by atoms with Crippen molar-refractivity contribution in [2.24, 2.45) is 11.0 Å². The fourth-order valence-corrected chi connectivity index (χ4v) is 3.12. The summed E-state index contributed by atoms with van der Waals surface area (Å²) in [5, 5.41) is 5.95. The molecule has 2 aliphatic rings. The lowest BCUT2D eigenvalue weighted by atomic mass is 9.89. The van der Waals surface area contributed by atoms with Crippen LogP contribution in [0.5, 0.6) is 5.75 Å². The monoisotopic (exact) mass is 357 g/mol. The maximum absolute atomic E-state index is 12.4. The number of allylic oxidation sites excluding steroid dienone is 1. The number of benzene rings is 1. The molecule has 0 bridgehead atoms. The number of ether oxygens (including phenoxy) is 2. The number of carbonyl (C=O) groups is 1. The van der Waals surface area contributed by atoms with Crippen molar-refractivity contribution in [1.29, 1.82) is 0 Å². The van der Waals surface area contributed by atoms with Gasteiger partial charge in [0.2, 0.25) is 5.90 Å². The summed E-state index contributed by atoms with van der Waals surface area (Å²) in [6, 6.07) is 7.50. The molecule has 1 atom stereocenters. The summed E-state index contributed by atoms with van der Waals surface area (Å²) < 4.78 is 11.5. The van der Waals surface area contributed by atoms with Crippen molar-refractivity contribution < 1.29 is 14.3 Å². The molecule has 6 nitrogen and oxygen atoms in total. The molecular weight excluding hydrogens is 330 g/mol. The van der Waals surface area contributed by atoms with Crippen LogP contribution in [0.1, 0.15) is 26.2 Å². The lowest BCUT2D eigenvalue weighted by Crippen LogP contribution is -2.38. The first kappa shape index (κ1) is 18.5. The predicted octanol–water partition coefficient (Wildman–Crippen LogP) is 3.05. The first-order valence-corrected chi connectivity index (χ1v) is 9.17. The van der Waals surface area contributed by atoms with Crippen LogP contribution < -0.4 is 9.75 Å². The van der Waals surface area contributed by atoms with Gasteiger partial charge in [-0.2, -0.15) is 5.01 Å².